The second-order valence-corrected chi connectivity index (χ2v) is 5.95. The molecule has 0 aliphatic heterocycles. The van der Waals surface area contributed by atoms with E-state index in [9.17, 15) is 10.1 Å². The van der Waals surface area contributed by atoms with Gasteiger partial charge in [0.2, 0.25) is 0 Å². The number of pyridine rings is 1. The summed E-state index contributed by atoms with van der Waals surface area (Å²) in [4.78, 5) is 14.0. The van der Waals surface area contributed by atoms with E-state index in [0.29, 0.717) is 17.4 Å². The van der Waals surface area contributed by atoms with Crippen molar-refractivity contribution < 1.29 is 9.66 Å². The highest BCUT2D eigenvalue weighted by Gasteiger charge is 2.04. The van der Waals surface area contributed by atoms with Crippen LogP contribution >= 0.6 is 11.6 Å². The van der Waals surface area contributed by atoms with E-state index < -0.39 is 4.92 Å². The standard InChI is InChI=1S/C19H15ClN4O3/c20-16-3-1-2-15(10-16)13-27-18-7-4-14(5-8-18)11-22-23-19-9-6-17(12-21-19)24(25)26/h1-12H,13H2,(H,21,23)/b22-11-. The molecule has 0 spiro atoms. The molecule has 3 rings (SSSR count). The van der Waals surface area contributed by atoms with Gasteiger partial charge in [-0.15, -0.1) is 0 Å². The van der Waals surface area contributed by atoms with Gasteiger partial charge in [-0.25, -0.2) is 4.98 Å². The summed E-state index contributed by atoms with van der Waals surface area (Å²) in [6.45, 7) is 0.432. The van der Waals surface area contributed by atoms with Gasteiger partial charge in [0, 0.05) is 11.1 Å². The first-order chi connectivity index (χ1) is 13.1. The molecule has 7 nitrogen and oxygen atoms in total. The first-order valence-corrected chi connectivity index (χ1v) is 8.35. The smallest absolute Gasteiger partial charge is 0.287 e. The first-order valence-electron chi connectivity index (χ1n) is 7.97. The van der Waals surface area contributed by atoms with E-state index in [4.69, 9.17) is 16.3 Å². The van der Waals surface area contributed by atoms with Crippen LogP contribution in [0.1, 0.15) is 11.1 Å². The van der Waals surface area contributed by atoms with Crippen molar-refractivity contribution in [1.29, 1.82) is 0 Å². The number of ether oxygens (including phenoxy) is 1. The average Bonchev–Trinajstić information content (AvgIpc) is 2.68. The molecule has 0 fully saturated rings. The van der Waals surface area contributed by atoms with Crippen LogP contribution in [-0.2, 0) is 6.61 Å². The third-order valence-corrected chi connectivity index (χ3v) is 3.76. The Hall–Kier alpha value is -3.45. The SMILES string of the molecule is O=[N+]([O-])c1ccc(N/N=C\c2ccc(OCc3cccc(Cl)c3)cc2)nc1. The van der Waals surface area contributed by atoms with E-state index in [0.717, 1.165) is 16.9 Å². The van der Waals surface area contributed by atoms with Crippen LogP contribution in [0, 0.1) is 10.1 Å². The van der Waals surface area contributed by atoms with Crippen molar-refractivity contribution in [3.8, 4) is 5.75 Å². The fourth-order valence-electron chi connectivity index (χ4n) is 2.18. The average molecular weight is 383 g/mol. The number of hydrazone groups is 1. The van der Waals surface area contributed by atoms with Gasteiger partial charge < -0.3 is 4.74 Å². The number of benzene rings is 2. The van der Waals surface area contributed by atoms with Gasteiger partial charge >= 0.3 is 0 Å². The first kappa shape index (κ1) is 18.3. The largest absolute Gasteiger partial charge is 0.489 e. The zero-order valence-corrected chi connectivity index (χ0v) is 14.8. The number of hydrogen-bond donors (Lipinski definition) is 1. The number of nitro groups is 1. The Kier molecular flexibility index (Phi) is 5.96. The van der Waals surface area contributed by atoms with Crippen LogP contribution in [0.3, 0.4) is 0 Å². The number of rotatable bonds is 7. The summed E-state index contributed by atoms with van der Waals surface area (Å²) in [5.74, 6) is 1.15. The highest BCUT2D eigenvalue weighted by Crippen LogP contribution is 2.16. The zero-order valence-electron chi connectivity index (χ0n) is 14.1. The molecule has 1 heterocycles. The molecule has 136 valence electrons. The van der Waals surface area contributed by atoms with E-state index in [1.165, 1.54) is 18.3 Å². The van der Waals surface area contributed by atoms with Crippen LogP contribution in [0.4, 0.5) is 11.5 Å². The van der Waals surface area contributed by atoms with E-state index in [-0.39, 0.29) is 5.69 Å². The van der Waals surface area contributed by atoms with Crippen molar-refractivity contribution in [2.24, 2.45) is 5.10 Å². The lowest BCUT2D eigenvalue weighted by molar-refractivity contribution is -0.385. The van der Waals surface area contributed by atoms with Gasteiger partial charge in [0.05, 0.1) is 11.1 Å². The Morgan fingerprint density at radius 2 is 2.00 bits per heavy atom. The fourth-order valence-corrected chi connectivity index (χ4v) is 2.39. The van der Waals surface area contributed by atoms with Gasteiger partial charge in [-0.3, -0.25) is 15.5 Å². The number of nitrogens with zero attached hydrogens (tertiary/aromatic N) is 3. The molecule has 0 amide bonds. The van der Waals surface area contributed by atoms with Gasteiger partial charge in [-0.2, -0.15) is 5.10 Å². The summed E-state index contributed by atoms with van der Waals surface area (Å²) in [5.41, 5.74) is 4.50. The van der Waals surface area contributed by atoms with Crippen LogP contribution in [0.25, 0.3) is 0 Å². The molecular formula is C19H15ClN4O3. The molecular weight excluding hydrogens is 368 g/mol. The maximum Gasteiger partial charge on any atom is 0.287 e. The summed E-state index contributed by atoms with van der Waals surface area (Å²) >= 11 is 5.95. The lowest BCUT2D eigenvalue weighted by Gasteiger charge is -2.06. The lowest BCUT2D eigenvalue weighted by Crippen LogP contribution is -1.96. The highest BCUT2D eigenvalue weighted by molar-refractivity contribution is 6.30. The number of hydrogen-bond acceptors (Lipinski definition) is 6. The van der Waals surface area contributed by atoms with E-state index in [2.05, 4.69) is 15.5 Å². The van der Waals surface area contributed by atoms with Crippen molar-refractivity contribution in [3.63, 3.8) is 0 Å². The second-order valence-electron chi connectivity index (χ2n) is 5.52. The van der Waals surface area contributed by atoms with Crippen LogP contribution in [0.5, 0.6) is 5.75 Å². The number of nitrogens with one attached hydrogen (secondary N) is 1. The molecule has 0 saturated heterocycles. The Bertz CT molecular complexity index is 944. The van der Waals surface area contributed by atoms with Crippen LogP contribution < -0.4 is 10.2 Å². The van der Waals surface area contributed by atoms with Crippen molar-refractivity contribution in [1.82, 2.24) is 4.98 Å². The maximum atomic E-state index is 10.6. The minimum absolute atomic E-state index is 0.0714. The summed E-state index contributed by atoms with van der Waals surface area (Å²) in [6, 6.07) is 17.8. The third kappa shape index (κ3) is 5.52. The minimum atomic E-state index is -0.504. The number of halogens is 1. The van der Waals surface area contributed by atoms with Crippen molar-refractivity contribution in [2.75, 3.05) is 5.43 Å². The van der Waals surface area contributed by atoms with Crippen LogP contribution in [0.15, 0.2) is 72.0 Å². The summed E-state index contributed by atoms with van der Waals surface area (Å²) in [7, 11) is 0. The quantitative estimate of drug-likeness (QED) is 0.364. The van der Waals surface area contributed by atoms with Crippen LogP contribution in [0.2, 0.25) is 5.02 Å². The molecule has 0 saturated carbocycles. The molecule has 3 aromatic rings. The van der Waals surface area contributed by atoms with Gasteiger partial charge in [0.1, 0.15) is 24.4 Å². The Balaban J connectivity index is 1.52. The van der Waals surface area contributed by atoms with Crippen molar-refractivity contribution in [3.05, 3.63) is 93.1 Å². The van der Waals surface area contributed by atoms with Crippen molar-refractivity contribution in [2.45, 2.75) is 6.61 Å². The normalized spacial score (nSPS) is 10.7. The Labute approximate surface area is 160 Å². The molecule has 8 heteroatoms. The topological polar surface area (TPSA) is 89.7 Å². The molecule has 27 heavy (non-hydrogen) atoms. The Morgan fingerprint density at radius 3 is 2.67 bits per heavy atom. The molecule has 1 aromatic heterocycles. The van der Waals surface area contributed by atoms with Gasteiger partial charge in [0.15, 0.2) is 0 Å². The monoisotopic (exact) mass is 382 g/mol. The molecule has 0 unspecified atom stereocenters. The molecule has 1 N–H and O–H groups in total. The molecule has 0 radical (unpaired) electrons. The summed E-state index contributed by atoms with van der Waals surface area (Å²) in [6.07, 6.45) is 2.79. The molecule has 0 aliphatic rings. The van der Waals surface area contributed by atoms with Gasteiger partial charge in [-0.05, 0) is 53.6 Å². The molecule has 0 aliphatic carbocycles. The fraction of sp³-hybridized carbons (Fsp3) is 0.0526. The van der Waals surface area contributed by atoms with E-state index >= 15 is 0 Å². The van der Waals surface area contributed by atoms with Gasteiger partial charge in [0.25, 0.3) is 5.69 Å². The zero-order chi connectivity index (χ0) is 19.1. The van der Waals surface area contributed by atoms with Gasteiger partial charge in [-0.1, -0.05) is 23.7 Å². The maximum absolute atomic E-state index is 10.6. The number of aromatic nitrogens is 1. The molecule has 2 aromatic carbocycles. The highest BCUT2D eigenvalue weighted by atomic mass is 35.5. The van der Waals surface area contributed by atoms with Crippen LogP contribution in [-0.4, -0.2) is 16.1 Å². The summed E-state index contributed by atoms with van der Waals surface area (Å²) < 4.78 is 5.72. The Morgan fingerprint density at radius 1 is 1.19 bits per heavy atom. The summed E-state index contributed by atoms with van der Waals surface area (Å²) in [5, 5.41) is 15.3. The van der Waals surface area contributed by atoms with E-state index in [1.54, 1.807) is 6.21 Å². The molecule has 0 atom stereocenters. The lowest BCUT2D eigenvalue weighted by atomic mass is 10.2. The predicted octanol–water partition coefficient (Wildman–Crippen LogP) is 4.67. The van der Waals surface area contributed by atoms with E-state index in [1.807, 2.05) is 48.5 Å². The predicted molar refractivity (Wildman–Crippen MR) is 104 cm³/mol. The van der Waals surface area contributed by atoms with Crippen molar-refractivity contribution >= 4 is 29.3 Å². The number of anilines is 1. The third-order valence-electron chi connectivity index (χ3n) is 3.53. The second kappa shape index (κ2) is 8.77. The molecule has 0 bridgehead atoms. The minimum Gasteiger partial charge on any atom is -0.489 e.